The summed E-state index contributed by atoms with van der Waals surface area (Å²) < 4.78 is 0. The maximum atomic E-state index is 10.9. The van der Waals surface area contributed by atoms with E-state index < -0.39 is 5.97 Å². The number of rotatable bonds is 3. The molecule has 0 unspecified atom stereocenters. The number of aromatic nitrogens is 4. The summed E-state index contributed by atoms with van der Waals surface area (Å²) in [6.45, 7) is 1.78. The van der Waals surface area contributed by atoms with E-state index in [1.807, 2.05) is 0 Å². The molecule has 0 aliphatic heterocycles. The van der Waals surface area contributed by atoms with Gasteiger partial charge in [0.25, 0.3) is 0 Å². The third-order valence-corrected chi connectivity index (χ3v) is 2.70. The van der Waals surface area contributed by atoms with Crippen molar-refractivity contribution < 1.29 is 9.90 Å². The third-order valence-electron chi connectivity index (χ3n) is 1.79. The van der Waals surface area contributed by atoms with Crippen molar-refractivity contribution in [2.45, 2.75) is 17.0 Å². The number of nitrogens with zero attached hydrogens (tertiary/aromatic N) is 3. The first kappa shape index (κ1) is 10.6. The van der Waals surface area contributed by atoms with Gasteiger partial charge in [0.15, 0.2) is 0 Å². The zero-order valence-electron chi connectivity index (χ0n) is 8.34. The van der Waals surface area contributed by atoms with E-state index in [9.17, 15) is 4.79 Å². The number of carboxylic acid groups (broad SMARTS) is 1. The summed E-state index contributed by atoms with van der Waals surface area (Å²) in [4.78, 5) is 19.4. The van der Waals surface area contributed by atoms with Crippen molar-refractivity contribution in [3.05, 3.63) is 29.8 Å². The summed E-state index contributed by atoms with van der Waals surface area (Å²) in [5.41, 5.74) is 0.197. The van der Waals surface area contributed by atoms with Crippen LogP contribution in [0.25, 0.3) is 0 Å². The van der Waals surface area contributed by atoms with Crippen LogP contribution >= 0.6 is 11.8 Å². The Labute approximate surface area is 95.1 Å². The van der Waals surface area contributed by atoms with E-state index in [0.29, 0.717) is 15.9 Å². The average molecular weight is 236 g/mol. The minimum absolute atomic E-state index is 0.197. The third kappa shape index (κ3) is 2.19. The summed E-state index contributed by atoms with van der Waals surface area (Å²) in [6.07, 6.45) is 2.93. The molecule has 82 valence electrons. The van der Waals surface area contributed by atoms with Crippen molar-refractivity contribution in [2.24, 2.45) is 0 Å². The van der Waals surface area contributed by atoms with E-state index in [1.165, 1.54) is 30.2 Å². The van der Waals surface area contributed by atoms with Gasteiger partial charge in [-0.2, -0.15) is 0 Å². The lowest BCUT2D eigenvalue weighted by atomic mass is 10.3. The fraction of sp³-hybridized carbons (Fsp3) is 0.111. The smallest absolute Gasteiger partial charge is 0.336 e. The van der Waals surface area contributed by atoms with Crippen LogP contribution in [0.3, 0.4) is 0 Å². The molecular weight excluding hydrogens is 228 g/mol. The Kier molecular flexibility index (Phi) is 2.86. The van der Waals surface area contributed by atoms with Crippen LogP contribution in [0.2, 0.25) is 0 Å². The number of carboxylic acids is 1. The Balaban J connectivity index is 2.31. The van der Waals surface area contributed by atoms with Crippen molar-refractivity contribution >= 4 is 17.7 Å². The molecule has 0 fully saturated rings. The van der Waals surface area contributed by atoms with Crippen LogP contribution in [0.1, 0.15) is 16.2 Å². The fourth-order valence-electron chi connectivity index (χ4n) is 1.10. The lowest BCUT2D eigenvalue weighted by Crippen LogP contribution is -1.99. The molecule has 0 radical (unpaired) electrons. The highest BCUT2D eigenvalue weighted by Gasteiger charge is 2.12. The number of pyridine rings is 1. The molecule has 0 saturated heterocycles. The average Bonchev–Trinajstić information content (AvgIpc) is 2.64. The first-order valence-corrected chi connectivity index (χ1v) is 5.22. The summed E-state index contributed by atoms with van der Waals surface area (Å²) in [7, 11) is 0. The molecule has 7 heteroatoms. The number of nitrogens with one attached hydrogen (secondary N) is 1. The molecule has 2 aromatic heterocycles. The number of hydrogen-bond acceptors (Lipinski definition) is 5. The lowest BCUT2D eigenvalue weighted by Gasteiger charge is -2.00. The molecule has 2 rings (SSSR count). The van der Waals surface area contributed by atoms with Gasteiger partial charge in [0.1, 0.15) is 5.82 Å². The summed E-state index contributed by atoms with van der Waals surface area (Å²) in [5, 5.41) is 16.0. The minimum Gasteiger partial charge on any atom is -0.478 e. The van der Waals surface area contributed by atoms with E-state index in [2.05, 4.69) is 20.2 Å². The standard InChI is InChI=1S/C9H8N4O2S/c1-5-11-9(13-12-5)16-7-4-10-3-2-6(7)8(14)15/h2-4H,1H3,(H,14,15)(H,11,12,13). The van der Waals surface area contributed by atoms with Gasteiger partial charge >= 0.3 is 5.97 Å². The zero-order chi connectivity index (χ0) is 11.5. The monoisotopic (exact) mass is 236 g/mol. The molecular formula is C9H8N4O2S. The van der Waals surface area contributed by atoms with Crippen molar-refractivity contribution in [3.8, 4) is 0 Å². The minimum atomic E-state index is -0.989. The topological polar surface area (TPSA) is 91.8 Å². The molecule has 0 amide bonds. The predicted octanol–water partition coefficient (Wildman–Crippen LogP) is 1.36. The molecule has 0 spiro atoms. The maximum absolute atomic E-state index is 10.9. The molecule has 0 aromatic carbocycles. The Hall–Kier alpha value is -1.89. The molecule has 0 aliphatic carbocycles. The van der Waals surface area contributed by atoms with E-state index in [4.69, 9.17) is 5.11 Å². The van der Waals surface area contributed by atoms with Crippen LogP contribution < -0.4 is 0 Å². The molecule has 0 saturated carbocycles. The number of aryl methyl sites for hydroxylation is 1. The van der Waals surface area contributed by atoms with Gasteiger partial charge in [0.05, 0.1) is 5.56 Å². The number of aromatic carboxylic acids is 1. The highest BCUT2D eigenvalue weighted by atomic mass is 32.2. The summed E-state index contributed by atoms with van der Waals surface area (Å²) in [5.74, 6) is -0.305. The quantitative estimate of drug-likeness (QED) is 0.835. The van der Waals surface area contributed by atoms with Crippen LogP contribution in [-0.2, 0) is 0 Å². The number of aromatic amines is 1. The largest absolute Gasteiger partial charge is 0.478 e. The molecule has 2 aromatic rings. The second-order valence-corrected chi connectivity index (χ2v) is 3.99. The molecule has 0 bridgehead atoms. The molecule has 0 aliphatic rings. The lowest BCUT2D eigenvalue weighted by molar-refractivity contribution is 0.0693. The predicted molar refractivity (Wildman–Crippen MR) is 56.4 cm³/mol. The van der Waals surface area contributed by atoms with Crippen molar-refractivity contribution in [3.63, 3.8) is 0 Å². The van der Waals surface area contributed by atoms with Crippen LogP contribution in [0.5, 0.6) is 0 Å². The van der Waals surface area contributed by atoms with E-state index >= 15 is 0 Å². The Bertz CT molecular complexity index is 526. The van der Waals surface area contributed by atoms with E-state index in [0.717, 1.165) is 0 Å². The van der Waals surface area contributed by atoms with Crippen molar-refractivity contribution in [1.29, 1.82) is 0 Å². The van der Waals surface area contributed by atoms with Gasteiger partial charge in [-0.05, 0) is 24.8 Å². The van der Waals surface area contributed by atoms with Crippen LogP contribution in [0, 0.1) is 6.92 Å². The van der Waals surface area contributed by atoms with Crippen molar-refractivity contribution in [2.75, 3.05) is 0 Å². The normalized spacial score (nSPS) is 10.3. The van der Waals surface area contributed by atoms with Gasteiger partial charge in [-0.1, -0.05) is 0 Å². The van der Waals surface area contributed by atoms with Gasteiger partial charge < -0.3 is 5.11 Å². The Morgan fingerprint density at radius 2 is 2.38 bits per heavy atom. The number of hydrogen-bond donors (Lipinski definition) is 2. The molecule has 2 heterocycles. The summed E-state index contributed by atoms with van der Waals surface area (Å²) >= 11 is 1.17. The molecule has 16 heavy (non-hydrogen) atoms. The maximum Gasteiger partial charge on any atom is 0.336 e. The molecule has 6 nitrogen and oxygen atoms in total. The number of H-pyrrole nitrogens is 1. The van der Waals surface area contributed by atoms with Gasteiger partial charge in [-0.3, -0.25) is 10.1 Å². The van der Waals surface area contributed by atoms with Gasteiger partial charge in [-0.15, -0.1) is 5.10 Å². The fourth-order valence-corrected chi connectivity index (χ4v) is 1.95. The first-order chi connectivity index (χ1) is 7.66. The highest BCUT2D eigenvalue weighted by Crippen LogP contribution is 2.26. The second kappa shape index (κ2) is 4.31. The van der Waals surface area contributed by atoms with Crippen LogP contribution in [0.4, 0.5) is 0 Å². The van der Waals surface area contributed by atoms with Gasteiger partial charge in [0.2, 0.25) is 5.16 Å². The molecule has 2 N–H and O–H groups in total. The second-order valence-electron chi connectivity index (χ2n) is 2.98. The SMILES string of the molecule is Cc1nc(Sc2cnccc2C(=O)O)n[nH]1. The Morgan fingerprint density at radius 3 is 3.00 bits per heavy atom. The first-order valence-electron chi connectivity index (χ1n) is 4.41. The number of carbonyl (C=O) groups is 1. The highest BCUT2D eigenvalue weighted by molar-refractivity contribution is 7.99. The van der Waals surface area contributed by atoms with E-state index in [-0.39, 0.29) is 5.56 Å². The molecule has 0 atom stereocenters. The van der Waals surface area contributed by atoms with Gasteiger partial charge in [0, 0.05) is 17.3 Å². The summed E-state index contributed by atoms with van der Waals surface area (Å²) in [6, 6.07) is 1.45. The van der Waals surface area contributed by atoms with Crippen LogP contribution in [0.15, 0.2) is 28.5 Å². The van der Waals surface area contributed by atoms with Gasteiger partial charge in [-0.25, -0.2) is 9.78 Å². The zero-order valence-corrected chi connectivity index (χ0v) is 9.15. The van der Waals surface area contributed by atoms with E-state index in [1.54, 1.807) is 6.92 Å². The Morgan fingerprint density at radius 1 is 1.56 bits per heavy atom. The van der Waals surface area contributed by atoms with Crippen molar-refractivity contribution in [1.82, 2.24) is 20.2 Å². The van der Waals surface area contributed by atoms with Crippen LogP contribution in [-0.4, -0.2) is 31.2 Å².